The van der Waals surface area contributed by atoms with Gasteiger partial charge < -0.3 is 10.1 Å². The summed E-state index contributed by atoms with van der Waals surface area (Å²) in [5.74, 6) is -1.73. The van der Waals surface area contributed by atoms with Crippen molar-refractivity contribution in [2.24, 2.45) is 0 Å². The molecule has 0 atom stereocenters. The van der Waals surface area contributed by atoms with Crippen LogP contribution in [-0.2, 0) is 20.7 Å². The van der Waals surface area contributed by atoms with E-state index in [2.05, 4.69) is 5.32 Å². The Labute approximate surface area is 138 Å². The fourth-order valence-electron chi connectivity index (χ4n) is 1.89. The predicted octanol–water partition coefficient (Wildman–Crippen LogP) is 3.59. The summed E-state index contributed by atoms with van der Waals surface area (Å²) in [6.45, 7) is -0.473. The normalized spacial score (nSPS) is 10.2. The summed E-state index contributed by atoms with van der Waals surface area (Å²) in [7, 11) is 0. The van der Waals surface area contributed by atoms with E-state index in [1.165, 1.54) is 12.1 Å². The molecule has 1 N–H and O–H groups in total. The van der Waals surface area contributed by atoms with E-state index in [4.69, 9.17) is 16.3 Å². The number of esters is 1. The lowest BCUT2D eigenvalue weighted by molar-refractivity contribution is -0.147. The average Bonchev–Trinajstić information content (AvgIpc) is 2.55. The predicted molar refractivity (Wildman–Crippen MR) is 85.8 cm³/mol. The number of ether oxygens (including phenoxy) is 1. The van der Waals surface area contributed by atoms with Crippen molar-refractivity contribution >= 4 is 29.2 Å². The van der Waals surface area contributed by atoms with Crippen LogP contribution in [-0.4, -0.2) is 18.5 Å². The molecule has 0 saturated heterocycles. The van der Waals surface area contributed by atoms with Gasteiger partial charge in [0.25, 0.3) is 5.91 Å². The van der Waals surface area contributed by atoms with Crippen LogP contribution in [0.25, 0.3) is 0 Å². The van der Waals surface area contributed by atoms with E-state index in [-0.39, 0.29) is 12.1 Å². The summed E-state index contributed by atoms with van der Waals surface area (Å²) in [4.78, 5) is 23.3. The molecule has 4 nitrogen and oxygen atoms in total. The van der Waals surface area contributed by atoms with E-state index in [0.29, 0.717) is 11.4 Å². The maximum absolute atomic E-state index is 13.5. The highest BCUT2D eigenvalue weighted by Crippen LogP contribution is 2.19. The molecule has 0 spiro atoms. The summed E-state index contributed by atoms with van der Waals surface area (Å²) in [6, 6.07) is 13.3. The molecule has 23 heavy (non-hydrogen) atoms. The van der Waals surface area contributed by atoms with Crippen molar-refractivity contribution in [1.29, 1.82) is 0 Å². The number of hydrogen-bond donors (Lipinski definition) is 1. The molecule has 0 fully saturated rings. The maximum atomic E-state index is 13.5. The zero-order chi connectivity index (χ0) is 16.7. The molecule has 0 aliphatic rings. The second-order valence-electron chi connectivity index (χ2n) is 4.82. The molecular weight excluding hydrogens is 321 g/mol. The van der Waals surface area contributed by atoms with E-state index in [1.54, 1.807) is 0 Å². The fraction of sp³-hybridized carbons (Fsp3) is 0.176. The number of carbonyl (C=O) groups is 2. The standard InChI is InChI=1S/C17H15ClFNO3/c18-13-7-8-14(19)15(10-13)20-16(21)11-23-17(22)9-6-12-4-2-1-3-5-12/h1-5,7-8,10H,6,9,11H2,(H,20,21). The maximum Gasteiger partial charge on any atom is 0.306 e. The Morgan fingerprint density at radius 2 is 1.87 bits per heavy atom. The molecular formula is C17H15ClFNO3. The number of aryl methyl sites for hydroxylation is 1. The number of nitrogens with one attached hydrogen (secondary N) is 1. The number of amides is 1. The molecule has 0 aliphatic heterocycles. The molecule has 0 saturated carbocycles. The number of rotatable bonds is 6. The lowest BCUT2D eigenvalue weighted by Gasteiger charge is -2.08. The van der Waals surface area contributed by atoms with E-state index in [0.717, 1.165) is 11.6 Å². The van der Waals surface area contributed by atoms with Crippen LogP contribution in [0, 0.1) is 5.82 Å². The van der Waals surface area contributed by atoms with Crippen LogP contribution in [0.4, 0.5) is 10.1 Å². The molecule has 2 aromatic rings. The Morgan fingerprint density at radius 3 is 2.61 bits per heavy atom. The number of carbonyl (C=O) groups excluding carboxylic acids is 2. The van der Waals surface area contributed by atoms with E-state index >= 15 is 0 Å². The van der Waals surface area contributed by atoms with Gasteiger partial charge in [-0.1, -0.05) is 41.9 Å². The molecule has 0 unspecified atom stereocenters. The van der Waals surface area contributed by atoms with Crippen molar-refractivity contribution in [1.82, 2.24) is 0 Å². The molecule has 0 heterocycles. The van der Waals surface area contributed by atoms with Gasteiger partial charge in [0, 0.05) is 11.4 Å². The van der Waals surface area contributed by atoms with Gasteiger partial charge in [-0.05, 0) is 30.2 Å². The Kier molecular flexibility index (Phi) is 6.11. The molecule has 6 heteroatoms. The van der Waals surface area contributed by atoms with Crippen LogP contribution in [0.2, 0.25) is 5.02 Å². The van der Waals surface area contributed by atoms with Crippen molar-refractivity contribution in [3.63, 3.8) is 0 Å². The first-order valence-corrected chi connectivity index (χ1v) is 7.37. The van der Waals surface area contributed by atoms with Crippen LogP contribution in [0.5, 0.6) is 0 Å². The zero-order valence-electron chi connectivity index (χ0n) is 12.2. The lowest BCUT2D eigenvalue weighted by atomic mass is 10.1. The topological polar surface area (TPSA) is 55.4 Å². The van der Waals surface area contributed by atoms with Gasteiger partial charge in [0.1, 0.15) is 5.82 Å². The Bertz CT molecular complexity index is 691. The van der Waals surface area contributed by atoms with E-state index in [1.807, 2.05) is 30.3 Å². The number of halogens is 2. The summed E-state index contributed by atoms with van der Waals surface area (Å²) in [5, 5.41) is 2.60. The summed E-state index contributed by atoms with van der Waals surface area (Å²) >= 11 is 5.72. The molecule has 0 aliphatic carbocycles. The van der Waals surface area contributed by atoms with Gasteiger partial charge in [-0.15, -0.1) is 0 Å². The zero-order valence-corrected chi connectivity index (χ0v) is 13.0. The molecule has 0 bridgehead atoms. The first-order chi connectivity index (χ1) is 11.0. The largest absolute Gasteiger partial charge is 0.456 e. The fourth-order valence-corrected chi connectivity index (χ4v) is 2.06. The van der Waals surface area contributed by atoms with Crippen molar-refractivity contribution < 1.29 is 18.7 Å². The second-order valence-corrected chi connectivity index (χ2v) is 5.26. The average molecular weight is 336 g/mol. The Hall–Kier alpha value is -2.40. The van der Waals surface area contributed by atoms with Crippen molar-refractivity contribution in [2.75, 3.05) is 11.9 Å². The first-order valence-electron chi connectivity index (χ1n) is 6.99. The molecule has 2 aromatic carbocycles. The van der Waals surface area contributed by atoms with Gasteiger partial charge in [-0.2, -0.15) is 0 Å². The molecule has 0 aromatic heterocycles. The van der Waals surface area contributed by atoms with Gasteiger partial charge in [0.15, 0.2) is 6.61 Å². The third-order valence-electron chi connectivity index (χ3n) is 3.03. The summed E-state index contributed by atoms with van der Waals surface area (Å²) < 4.78 is 18.3. The van der Waals surface area contributed by atoms with Crippen LogP contribution in [0.3, 0.4) is 0 Å². The minimum atomic E-state index is -0.626. The van der Waals surface area contributed by atoms with E-state index in [9.17, 15) is 14.0 Å². The minimum absolute atomic E-state index is 0.0529. The molecule has 1 amide bonds. The second kappa shape index (κ2) is 8.29. The van der Waals surface area contributed by atoms with E-state index < -0.39 is 24.3 Å². The van der Waals surface area contributed by atoms with Gasteiger partial charge in [0.2, 0.25) is 0 Å². The quantitative estimate of drug-likeness (QED) is 0.821. The first kappa shape index (κ1) is 17.0. The Balaban J connectivity index is 1.75. The third-order valence-corrected chi connectivity index (χ3v) is 3.26. The highest BCUT2D eigenvalue weighted by molar-refractivity contribution is 6.30. The van der Waals surface area contributed by atoms with Crippen molar-refractivity contribution in [3.8, 4) is 0 Å². The molecule has 2 rings (SSSR count). The number of anilines is 1. The van der Waals surface area contributed by atoms with Gasteiger partial charge in [-0.3, -0.25) is 9.59 Å². The number of hydrogen-bond acceptors (Lipinski definition) is 3. The van der Waals surface area contributed by atoms with Crippen LogP contribution >= 0.6 is 11.6 Å². The summed E-state index contributed by atoms with van der Waals surface area (Å²) in [6.07, 6.45) is 0.701. The van der Waals surface area contributed by atoms with Crippen LogP contribution in [0.1, 0.15) is 12.0 Å². The van der Waals surface area contributed by atoms with Gasteiger partial charge in [-0.25, -0.2) is 4.39 Å². The minimum Gasteiger partial charge on any atom is -0.456 e. The summed E-state index contributed by atoms with van der Waals surface area (Å²) in [5.41, 5.74) is 0.956. The molecule has 0 radical (unpaired) electrons. The SMILES string of the molecule is O=C(COC(=O)CCc1ccccc1)Nc1cc(Cl)ccc1F. The Morgan fingerprint density at radius 1 is 1.13 bits per heavy atom. The van der Waals surface area contributed by atoms with Gasteiger partial charge in [0.05, 0.1) is 5.69 Å². The van der Waals surface area contributed by atoms with Gasteiger partial charge >= 0.3 is 5.97 Å². The highest BCUT2D eigenvalue weighted by Gasteiger charge is 2.11. The monoisotopic (exact) mass is 335 g/mol. The van der Waals surface area contributed by atoms with Crippen LogP contribution < -0.4 is 5.32 Å². The lowest BCUT2D eigenvalue weighted by Crippen LogP contribution is -2.21. The third kappa shape index (κ3) is 5.71. The number of benzene rings is 2. The van der Waals surface area contributed by atoms with Crippen LogP contribution in [0.15, 0.2) is 48.5 Å². The highest BCUT2D eigenvalue weighted by atomic mass is 35.5. The molecule has 120 valence electrons. The van der Waals surface area contributed by atoms with Crippen molar-refractivity contribution in [2.45, 2.75) is 12.8 Å². The smallest absolute Gasteiger partial charge is 0.306 e. The van der Waals surface area contributed by atoms with Crippen molar-refractivity contribution in [3.05, 3.63) is 64.9 Å².